The zero-order valence-electron chi connectivity index (χ0n) is 12.3. The molecule has 2 aliphatic carbocycles. The van der Waals surface area contributed by atoms with Crippen molar-refractivity contribution < 1.29 is 19.0 Å². The average Bonchev–Trinajstić information content (AvgIpc) is 3.29. The van der Waals surface area contributed by atoms with Crippen LogP contribution in [0.4, 0.5) is 0 Å². The molecule has 0 spiro atoms. The maximum Gasteiger partial charge on any atom is 0.309 e. The van der Waals surface area contributed by atoms with Gasteiger partial charge in [-0.15, -0.1) is 0 Å². The monoisotopic (exact) mass is 280 g/mol. The summed E-state index contributed by atoms with van der Waals surface area (Å²) in [7, 11) is 0. The first-order chi connectivity index (χ1) is 9.61. The number of esters is 1. The third kappa shape index (κ3) is 2.37. The average molecular weight is 280 g/mol. The minimum atomic E-state index is -0.00233. The maximum atomic E-state index is 12.3. The van der Waals surface area contributed by atoms with Gasteiger partial charge in [-0.3, -0.25) is 4.79 Å². The summed E-state index contributed by atoms with van der Waals surface area (Å²) in [5.74, 6) is 1.52. The van der Waals surface area contributed by atoms with Crippen LogP contribution in [0.25, 0.3) is 0 Å². The largest absolute Gasteiger partial charge is 0.465 e. The van der Waals surface area contributed by atoms with Crippen molar-refractivity contribution in [3.63, 3.8) is 0 Å². The van der Waals surface area contributed by atoms with Gasteiger partial charge in [0.1, 0.15) is 0 Å². The molecule has 0 aromatic heterocycles. The van der Waals surface area contributed by atoms with Crippen LogP contribution in [-0.2, 0) is 19.0 Å². The summed E-state index contributed by atoms with van der Waals surface area (Å²) in [5, 5.41) is 0. The van der Waals surface area contributed by atoms with Crippen molar-refractivity contribution in [1.29, 1.82) is 0 Å². The Labute approximate surface area is 120 Å². The quantitative estimate of drug-likeness (QED) is 0.587. The van der Waals surface area contributed by atoms with Gasteiger partial charge in [0, 0.05) is 0 Å². The summed E-state index contributed by atoms with van der Waals surface area (Å²) in [4.78, 5) is 12.3. The number of fused-ring (bicyclic) bond motifs is 2. The van der Waals surface area contributed by atoms with E-state index in [2.05, 4.69) is 13.8 Å². The molecule has 2 saturated heterocycles. The second-order valence-electron chi connectivity index (χ2n) is 7.32. The molecule has 2 saturated carbocycles. The van der Waals surface area contributed by atoms with E-state index in [-0.39, 0.29) is 11.9 Å². The van der Waals surface area contributed by atoms with E-state index in [4.69, 9.17) is 14.2 Å². The van der Waals surface area contributed by atoms with Crippen LogP contribution in [0.5, 0.6) is 0 Å². The lowest BCUT2D eigenvalue weighted by Crippen LogP contribution is -2.33. The number of carbonyl (C=O) groups is 1. The van der Waals surface area contributed by atoms with Crippen LogP contribution >= 0.6 is 0 Å². The summed E-state index contributed by atoms with van der Waals surface area (Å²) >= 11 is 0. The van der Waals surface area contributed by atoms with Gasteiger partial charge in [-0.1, -0.05) is 13.8 Å². The third-order valence-corrected chi connectivity index (χ3v) is 5.84. The second-order valence-corrected chi connectivity index (χ2v) is 7.32. The molecular formula is C16H24O4. The number of rotatable bonds is 3. The summed E-state index contributed by atoms with van der Waals surface area (Å²) in [6, 6.07) is 0. The molecule has 4 rings (SSSR count). The van der Waals surface area contributed by atoms with Crippen molar-refractivity contribution in [2.24, 2.45) is 23.7 Å². The summed E-state index contributed by atoms with van der Waals surface area (Å²) in [6.45, 7) is 4.97. The van der Waals surface area contributed by atoms with Gasteiger partial charge < -0.3 is 14.2 Å². The van der Waals surface area contributed by atoms with Gasteiger partial charge in [0.15, 0.2) is 0 Å². The van der Waals surface area contributed by atoms with Crippen LogP contribution < -0.4 is 0 Å². The molecule has 2 aliphatic heterocycles. The summed E-state index contributed by atoms with van der Waals surface area (Å²) < 4.78 is 16.8. The predicted octanol–water partition coefficient (Wildman–Crippen LogP) is 2.16. The van der Waals surface area contributed by atoms with Gasteiger partial charge in [0.25, 0.3) is 0 Å². The molecule has 0 N–H and O–H groups in total. The first-order valence-corrected chi connectivity index (χ1v) is 8.09. The van der Waals surface area contributed by atoms with E-state index in [1.807, 2.05) is 0 Å². The van der Waals surface area contributed by atoms with Gasteiger partial charge in [0.05, 0.1) is 36.9 Å². The van der Waals surface area contributed by atoms with Crippen molar-refractivity contribution in [3.8, 4) is 0 Å². The molecule has 0 aromatic carbocycles. The zero-order chi connectivity index (χ0) is 13.9. The van der Waals surface area contributed by atoms with E-state index in [9.17, 15) is 4.79 Å². The molecule has 0 amide bonds. The summed E-state index contributed by atoms with van der Waals surface area (Å²) in [5.41, 5.74) is 0. The molecule has 4 heteroatoms. The Balaban J connectivity index is 1.29. The zero-order valence-corrected chi connectivity index (χ0v) is 12.3. The summed E-state index contributed by atoms with van der Waals surface area (Å²) in [6.07, 6.45) is 5.77. The fourth-order valence-electron chi connectivity index (χ4n) is 4.15. The highest BCUT2D eigenvalue weighted by Gasteiger charge is 2.50. The van der Waals surface area contributed by atoms with Crippen LogP contribution in [0.3, 0.4) is 0 Å². The lowest BCUT2D eigenvalue weighted by molar-refractivity contribution is -0.153. The Bertz CT molecular complexity index is 409. The van der Waals surface area contributed by atoms with Crippen molar-refractivity contribution in [3.05, 3.63) is 0 Å². The standard InChI is InChI=1S/C16H24O4/c1-8-3-12-14(19-12)5-10(8)7-18-16(17)11-6-15-13(20-15)4-9(11)2/h8-15H,3-7H2,1-2H3/t8-,9+,10-,11-,12-,13+,14+,15-/m1/s1. The molecule has 20 heavy (non-hydrogen) atoms. The Hall–Kier alpha value is -0.610. The molecule has 0 bridgehead atoms. The van der Waals surface area contributed by atoms with Crippen LogP contribution in [-0.4, -0.2) is 37.0 Å². The van der Waals surface area contributed by atoms with Crippen LogP contribution in [0.2, 0.25) is 0 Å². The molecule has 0 aromatic rings. The minimum Gasteiger partial charge on any atom is -0.465 e. The lowest BCUT2D eigenvalue weighted by Gasteiger charge is -2.28. The smallest absolute Gasteiger partial charge is 0.309 e. The highest BCUT2D eigenvalue weighted by molar-refractivity contribution is 5.73. The predicted molar refractivity (Wildman–Crippen MR) is 72.1 cm³/mol. The van der Waals surface area contributed by atoms with Crippen LogP contribution in [0.15, 0.2) is 0 Å². The first kappa shape index (κ1) is 13.1. The molecule has 0 unspecified atom stereocenters. The molecule has 8 atom stereocenters. The molecular weight excluding hydrogens is 256 g/mol. The first-order valence-electron chi connectivity index (χ1n) is 8.09. The van der Waals surface area contributed by atoms with E-state index in [0.717, 1.165) is 25.7 Å². The van der Waals surface area contributed by atoms with E-state index >= 15 is 0 Å². The molecule has 4 nitrogen and oxygen atoms in total. The molecule has 2 heterocycles. The Morgan fingerprint density at radius 1 is 0.950 bits per heavy atom. The molecule has 112 valence electrons. The second kappa shape index (κ2) is 4.70. The van der Waals surface area contributed by atoms with Crippen LogP contribution in [0.1, 0.15) is 39.5 Å². The number of ether oxygens (including phenoxy) is 3. The van der Waals surface area contributed by atoms with Crippen molar-refractivity contribution in [2.45, 2.75) is 63.9 Å². The normalized spacial score (nSPS) is 52.7. The number of carbonyl (C=O) groups excluding carboxylic acids is 1. The molecule has 4 fully saturated rings. The van der Waals surface area contributed by atoms with Crippen molar-refractivity contribution in [1.82, 2.24) is 0 Å². The minimum absolute atomic E-state index is 0.00233. The van der Waals surface area contributed by atoms with E-state index in [0.29, 0.717) is 48.8 Å². The lowest BCUT2D eigenvalue weighted by atomic mass is 9.80. The van der Waals surface area contributed by atoms with Crippen LogP contribution in [0, 0.1) is 23.7 Å². The SMILES string of the molecule is C[C@@H]1C[C@H]2O[C@H]2C[C@@H]1COC(=O)[C@@H]1C[C@H]2O[C@H]2C[C@@H]1C. The van der Waals surface area contributed by atoms with Gasteiger partial charge in [-0.05, 0) is 43.4 Å². The van der Waals surface area contributed by atoms with Gasteiger partial charge >= 0.3 is 5.97 Å². The number of epoxide rings is 2. The van der Waals surface area contributed by atoms with Gasteiger partial charge in [-0.2, -0.15) is 0 Å². The molecule has 0 radical (unpaired) electrons. The Morgan fingerprint density at radius 3 is 2.30 bits per heavy atom. The fraction of sp³-hybridized carbons (Fsp3) is 0.938. The maximum absolute atomic E-state index is 12.3. The van der Waals surface area contributed by atoms with Gasteiger partial charge in [-0.25, -0.2) is 0 Å². The Morgan fingerprint density at radius 2 is 1.55 bits per heavy atom. The highest BCUT2D eigenvalue weighted by Crippen LogP contribution is 2.44. The van der Waals surface area contributed by atoms with E-state index in [1.54, 1.807) is 0 Å². The fourth-order valence-corrected chi connectivity index (χ4v) is 4.15. The number of hydrogen-bond donors (Lipinski definition) is 0. The highest BCUT2D eigenvalue weighted by atomic mass is 16.6. The third-order valence-electron chi connectivity index (χ3n) is 5.84. The number of hydrogen-bond acceptors (Lipinski definition) is 4. The topological polar surface area (TPSA) is 51.4 Å². The van der Waals surface area contributed by atoms with Gasteiger partial charge in [0.2, 0.25) is 0 Å². The van der Waals surface area contributed by atoms with Crippen molar-refractivity contribution >= 4 is 5.97 Å². The Kier molecular flexibility index (Phi) is 3.08. The van der Waals surface area contributed by atoms with E-state index in [1.165, 1.54) is 0 Å². The van der Waals surface area contributed by atoms with E-state index < -0.39 is 0 Å². The molecule has 4 aliphatic rings. The van der Waals surface area contributed by atoms with Crippen molar-refractivity contribution in [2.75, 3.05) is 6.61 Å².